The van der Waals surface area contributed by atoms with Crippen LogP contribution in [0.2, 0.25) is 0 Å². The van der Waals surface area contributed by atoms with Crippen molar-refractivity contribution < 1.29 is 43.2 Å². The second-order valence-corrected chi connectivity index (χ2v) is 10.5. The standard InChI is InChI=1S/C24H29ClO9/c1-10-9-14(28)18-22(5)8-7-15(29)23(6,33-13(4)27)17(22)20(31-12(3)26)24(34-18)11(2)21(30)32-19(24)16(10)25/h7-8,11,14,16-20,28H,1,9H2,2-6H3/t11-,14+,16-,17+,18+,19-,20-,22-,23+,24?/m0/s1. The van der Waals surface area contributed by atoms with Gasteiger partial charge < -0.3 is 24.1 Å². The minimum absolute atomic E-state index is 0.0456. The molecule has 2 bridgehead atoms. The average Bonchev–Trinajstić information content (AvgIpc) is 2.96. The van der Waals surface area contributed by atoms with E-state index in [9.17, 15) is 24.3 Å². The van der Waals surface area contributed by atoms with E-state index >= 15 is 0 Å². The van der Waals surface area contributed by atoms with Gasteiger partial charge in [0.25, 0.3) is 0 Å². The fourth-order valence-electron chi connectivity index (χ4n) is 6.39. The molecule has 0 amide bonds. The Morgan fingerprint density at radius 1 is 1.21 bits per heavy atom. The molecule has 3 saturated heterocycles. The van der Waals surface area contributed by atoms with Crippen molar-refractivity contribution >= 4 is 35.3 Å². The summed E-state index contributed by atoms with van der Waals surface area (Å²) in [6.45, 7) is 11.1. The van der Waals surface area contributed by atoms with E-state index in [0.29, 0.717) is 5.57 Å². The van der Waals surface area contributed by atoms with E-state index in [1.807, 2.05) is 0 Å². The summed E-state index contributed by atoms with van der Waals surface area (Å²) >= 11 is 6.70. The van der Waals surface area contributed by atoms with E-state index in [4.69, 9.17) is 30.5 Å². The number of halogens is 1. The number of carbonyl (C=O) groups excluding carboxylic acids is 4. The minimum atomic E-state index is -1.79. The van der Waals surface area contributed by atoms with E-state index in [1.54, 1.807) is 19.9 Å². The molecule has 4 rings (SSSR count). The maximum absolute atomic E-state index is 13.2. The highest BCUT2D eigenvalue weighted by atomic mass is 35.5. The zero-order valence-electron chi connectivity index (χ0n) is 19.7. The van der Waals surface area contributed by atoms with E-state index in [2.05, 4.69) is 6.58 Å². The van der Waals surface area contributed by atoms with E-state index < -0.39 is 81.9 Å². The monoisotopic (exact) mass is 496 g/mol. The normalized spacial score (nSPS) is 47.6. The second kappa shape index (κ2) is 7.90. The summed E-state index contributed by atoms with van der Waals surface area (Å²) < 4.78 is 23.7. The van der Waals surface area contributed by atoms with E-state index in [0.717, 1.165) is 0 Å². The fourth-order valence-corrected chi connectivity index (χ4v) is 6.73. The molecule has 9 nitrogen and oxygen atoms in total. The first-order valence-electron chi connectivity index (χ1n) is 11.2. The van der Waals surface area contributed by atoms with Crippen molar-refractivity contribution in [3.8, 4) is 0 Å². The summed E-state index contributed by atoms with van der Waals surface area (Å²) in [5, 5.41) is 10.3. The molecule has 1 unspecified atom stereocenters. The van der Waals surface area contributed by atoms with Crippen LogP contribution < -0.4 is 0 Å². The number of alkyl halides is 1. The number of hydrogen-bond donors (Lipinski definition) is 1. The molecule has 3 heterocycles. The number of hydrogen-bond acceptors (Lipinski definition) is 9. The molecule has 0 aromatic heterocycles. The zero-order valence-corrected chi connectivity index (χ0v) is 20.5. The Hall–Kier alpha value is -2.23. The molecule has 3 fully saturated rings. The van der Waals surface area contributed by atoms with Crippen LogP contribution in [0.25, 0.3) is 0 Å². The van der Waals surface area contributed by atoms with Crippen molar-refractivity contribution in [2.45, 2.75) is 82.0 Å². The van der Waals surface area contributed by atoms with Crippen LogP contribution >= 0.6 is 11.6 Å². The topological polar surface area (TPSA) is 125 Å². The Morgan fingerprint density at radius 3 is 2.44 bits per heavy atom. The third-order valence-electron chi connectivity index (χ3n) is 7.88. The number of fused-ring (bicyclic) bond motifs is 3. The Balaban J connectivity index is 2.06. The van der Waals surface area contributed by atoms with Gasteiger partial charge in [-0.2, -0.15) is 0 Å². The molecule has 34 heavy (non-hydrogen) atoms. The maximum atomic E-state index is 13.2. The molecule has 0 radical (unpaired) electrons. The summed E-state index contributed by atoms with van der Waals surface area (Å²) in [5.41, 5.74) is -4.20. The van der Waals surface area contributed by atoms with Gasteiger partial charge in [-0.3, -0.25) is 19.2 Å². The third kappa shape index (κ3) is 3.20. The fraction of sp³-hybridized carbons (Fsp3) is 0.667. The first-order valence-corrected chi connectivity index (χ1v) is 11.6. The molecule has 1 N–H and O–H groups in total. The van der Waals surface area contributed by atoms with Crippen LogP contribution in [-0.4, -0.2) is 69.8 Å². The molecule has 186 valence electrons. The molecular formula is C24H29ClO9. The third-order valence-corrected chi connectivity index (χ3v) is 8.42. The van der Waals surface area contributed by atoms with E-state index in [1.165, 1.54) is 26.8 Å². The second-order valence-electron chi connectivity index (χ2n) is 10.1. The van der Waals surface area contributed by atoms with Crippen molar-refractivity contribution in [2.75, 3.05) is 0 Å². The Morgan fingerprint density at radius 2 is 1.85 bits per heavy atom. The number of carbonyl (C=O) groups is 4. The smallest absolute Gasteiger partial charge is 0.312 e. The highest BCUT2D eigenvalue weighted by molar-refractivity contribution is 6.23. The molecule has 10 heteroatoms. The van der Waals surface area contributed by atoms with Crippen LogP contribution in [-0.2, 0) is 38.1 Å². The van der Waals surface area contributed by atoms with E-state index in [-0.39, 0.29) is 6.42 Å². The Labute approximate surface area is 202 Å². The van der Waals surface area contributed by atoms with Gasteiger partial charge >= 0.3 is 17.9 Å². The van der Waals surface area contributed by atoms with Crippen molar-refractivity contribution in [1.29, 1.82) is 0 Å². The van der Waals surface area contributed by atoms with Gasteiger partial charge in [0.15, 0.2) is 23.1 Å². The quantitative estimate of drug-likeness (QED) is 0.263. The first-order chi connectivity index (χ1) is 15.7. The zero-order chi connectivity index (χ0) is 25.4. The van der Waals surface area contributed by atoms with Gasteiger partial charge in [-0.05, 0) is 26.3 Å². The molecule has 1 spiro atoms. The largest absolute Gasteiger partial charge is 0.459 e. The summed E-state index contributed by atoms with van der Waals surface area (Å²) in [6.07, 6.45) is -1.64. The molecule has 0 aromatic carbocycles. The number of esters is 3. The lowest BCUT2D eigenvalue weighted by Crippen LogP contribution is -2.77. The lowest BCUT2D eigenvalue weighted by molar-refractivity contribution is -0.318. The van der Waals surface area contributed by atoms with Crippen LogP contribution in [0, 0.1) is 17.3 Å². The number of aliphatic hydroxyl groups excluding tert-OH is 1. The Bertz CT molecular complexity index is 1010. The predicted octanol–water partition coefficient (Wildman–Crippen LogP) is 1.63. The number of ketones is 1. The van der Waals surface area contributed by atoms with Crippen molar-refractivity contribution in [3.05, 3.63) is 24.3 Å². The van der Waals surface area contributed by atoms with Crippen molar-refractivity contribution in [3.63, 3.8) is 0 Å². The highest BCUT2D eigenvalue weighted by Crippen LogP contribution is 2.61. The molecule has 10 atom stereocenters. The number of aliphatic hydroxyl groups is 1. The summed E-state index contributed by atoms with van der Waals surface area (Å²) in [5.74, 6) is -4.60. The van der Waals surface area contributed by atoms with Gasteiger partial charge in [-0.15, -0.1) is 11.6 Å². The van der Waals surface area contributed by atoms with Gasteiger partial charge in [0.05, 0.1) is 29.4 Å². The van der Waals surface area contributed by atoms with Gasteiger partial charge in [0.2, 0.25) is 0 Å². The van der Waals surface area contributed by atoms with Crippen LogP contribution in [0.4, 0.5) is 0 Å². The summed E-state index contributed by atoms with van der Waals surface area (Å²) in [7, 11) is 0. The van der Waals surface area contributed by atoms with Gasteiger partial charge in [0, 0.05) is 19.3 Å². The Kier molecular flexibility index (Phi) is 5.78. The van der Waals surface area contributed by atoms with Crippen molar-refractivity contribution in [2.24, 2.45) is 17.3 Å². The summed E-state index contributed by atoms with van der Waals surface area (Å²) in [4.78, 5) is 50.7. The maximum Gasteiger partial charge on any atom is 0.312 e. The molecule has 3 aliphatic heterocycles. The summed E-state index contributed by atoms with van der Waals surface area (Å²) in [6, 6.07) is 0. The van der Waals surface area contributed by atoms with Crippen LogP contribution in [0.3, 0.4) is 0 Å². The lowest BCUT2D eigenvalue weighted by atomic mass is 9.52. The molecule has 4 aliphatic rings. The number of rotatable bonds is 2. The number of ether oxygens (including phenoxy) is 4. The molecule has 0 saturated carbocycles. The van der Waals surface area contributed by atoms with Crippen LogP contribution in [0.15, 0.2) is 24.3 Å². The van der Waals surface area contributed by atoms with Crippen LogP contribution in [0.5, 0.6) is 0 Å². The van der Waals surface area contributed by atoms with Gasteiger partial charge in [0.1, 0.15) is 6.10 Å². The van der Waals surface area contributed by atoms with Gasteiger partial charge in [-0.1, -0.05) is 25.2 Å². The lowest BCUT2D eigenvalue weighted by Gasteiger charge is -2.63. The van der Waals surface area contributed by atoms with Gasteiger partial charge in [-0.25, -0.2) is 0 Å². The molecular weight excluding hydrogens is 468 g/mol. The average molecular weight is 497 g/mol. The predicted molar refractivity (Wildman–Crippen MR) is 118 cm³/mol. The molecule has 0 aromatic rings. The minimum Gasteiger partial charge on any atom is -0.459 e. The SMILES string of the molecule is C=C1C[C@@H](O)[C@H]2OC3([C@@H](C)C(=O)O[C@H]3[C@H]1Cl)[C@@H](OC(C)=O)[C@@H]1[C@]2(C)C=CC(=O)[C@@]1(C)OC(C)=O. The first kappa shape index (κ1) is 24.9. The van der Waals surface area contributed by atoms with Crippen molar-refractivity contribution in [1.82, 2.24) is 0 Å². The molecule has 1 aliphatic carbocycles. The van der Waals surface area contributed by atoms with Crippen LogP contribution in [0.1, 0.15) is 41.0 Å². The highest BCUT2D eigenvalue weighted by Gasteiger charge is 2.77.